The van der Waals surface area contributed by atoms with Gasteiger partial charge in [-0.25, -0.2) is 4.68 Å². The minimum atomic E-state index is -4.42. The van der Waals surface area contributed by atoms with Crippen molar-refractivity contribution in [1.29, 1.82) is 0 Å². The van der Waals surface area contributed by atoms with Crippen LogP contribution in [-0.4, -0.2) is 9.78 Å². The third-order valence-corrected chi connectivity index (χ3v) is 2.57. The number of hydrogen-bond donors (Lipinski definition) is 1. The van der Waals surface area contributed by atoms with Gasteiger partial charge in [-0.1, -0.05) is 0 Å². The molecule has 0 N–H and O–H groups in total. The van der Waals surface area contributed by atoms with Gasteiger partial charge in [-0.3, -0.25) is 0 Å². The Morgan fingerprint density at radius 2 is 1.76 bits per heavy atom. The van der Waals surface area contributed by atoms with Crippen LogP contribution >= 0.6 is 12.6 Å². The van der Waals surface area contributed by atoms with Crippen molar-refractivity contribution in [3.63, 3.8) is 0 Å². The van der Waals surface area contributed by atoms with Crippen LogP contribution in [0.3, 0.4) is 0 Å². The third kappa shape index (κ3) is 2.46. The molecule has 2 aromatic rings. The van der Waals surface area contributed by atoms with Gasteiger partial charge in [0.25, 0.3) is 0 Å². The summed E-state index contributed by atoms with van der Waals surface area (Å²) in [4.78, 5) is 0.745. The second kappa shape index (κ2) is 4.10. The molecule has 0 bridgehead atoms. The molecule has 6 heteroatoms. The highest BCUT2D eigenvalue weighted by atomic mass is 32.1. The highest BCUT2D eigenvalue weighted by molar-refractivity contribution is 7.80. The predicted octanol–water partition coefficient (Wildman–Crippen LogP) is 3.49. The van der Waals surface area contributed by atoms with Gasteiger partial charge >= 0.3 is 6.18 Å². The SMILES string of the molecule is Cc1cc(C(F)(F)F)nn1-c1ccc(S)cc1. The van der Waals surface area contributed by atoms with Crippen LogP contribution in [0, 0.1) is 6.92 Å². The molecule has 17 heavy (non-hydrogen) atoms. The molecule has 0 fully saturated rings. The Bertz CT molecular complexity index is 529. The molecule has 0 atom stereocenters. The first-order valence-electron chi connectivity index (χ1n) is 4.81. The van der Waals surface area contributed by atoms with Crippen molar-refractivity contribution in [2.24, 2.45) is 0 Å². The highest BCUT2D eigenvalue weighted by Gasteiger charge is 2.34. The minimum absolute atomic E-state index is 0.434. The number of alkyl halides is 3. The third-order valence-electron chi connectivity index (χ3n) is 2.27. The van der Waals surface area contributed by atoms with Gasteiger partial charge in [0.2, 0.25) is 0 Å². The van der Waals surface area contributed by atoms with Crippen LogP contribution in [0.4, 0.5) is 13.2 Å². The van der Waals surface area contributed by atoms with Crippen LogP contribution in [0.1, 0.15) is 11.4 Å². The van der Waals surface area contributed by atoms with E-state index in [0.717, 1.165) is 11.0 Å². The zero-order valence-corrected chi connectivity index (χ0v) is 9.76. The van der Waals surface area contributed by atoms with E-state index in [1.165, 1.54) is 4.68 Å². The lowest BCUT2D eigenvalue weighted by atomic mass is 10.3. The molecule has 2 nitrogen and oxygen atoms in total. The molecule has 0 spiro atoms. The molecule has 1 aromatic heterocycles. The molecule has 0 unspecified atom stereocenters. The summed E-state index contributed by atoms with van der Waals surface area (Å²) in [6.45, 7) is 1.58. The lowest BCUT2D eigenvalue weighted by molar-refractivity contribution is -0.141. The van der Waals surface area contributed by atoms with Gasteiger partial charge in [-0.15, -0.1) is 12.6 Å². The lowest BCUT2D eigenvalue weighted by Gasteiger charge is -2.04. The topological polar surface area (TPSA) is 17.8 Å². The number of nitrogens with zero attached hydrogens (tertiary/aromatic N) is 2. The van der Waals surface area contributed by atoms with Crippen LogP contribution in [0.25, 0.3) is 5.69 Å². The van der Waals surface area contributed by atoms with E-state index in [0.29, 0.717) is 11.4 Å². The molecule has 90 valence electrons. The molecule has 0 saturated heterocycles. The van der Waals surface area contributed by atoms with Gasteiger partial charge in [0.1, 0.15) is 0 Å². The number of thiol groups is 1. The fraction of sp³-hybridized carbons (Fsp3) is 0.182. The summed E-state index contributed by atoms with van der Waals surface area (Å²) < 4.78 is 38.7. The second-order valence-electron chi connectivity index (χ2n) is 3.60. The van der Waals surface area contributed by atoms with E-state index in [-0.39, 0.29) is 0 Å². The maximum atomic E-state index is 12.5. The average molecular weight is 258 g/mol. The summed E-state index contributed by atoms with van der Waals surface area (Å²) in [5, 5.41) is 3.55. The Hall–Kier alpha value is -1.43. The lowest BCUT2D eigenvalue weighted by Crippen LogP contribution is -2.07. The maximum absolute atomic E-state index is 12.5. The van der Waals surface area contributed by atoms with Gasteiger partial charge < -0.3 is 0 Å². The predicted molar refractivity (Wildman–Crippen MR) is 60.6 cm³/mol. The molecule has 0 aliphatic heterocycles. The van der Waals surface area contributed by atoms with E-state index in [1.807, 2.05) is 0 Å². The normalized spacial score (nSPS) is 11.8. The molecule has 0 aliphatic carbocycles. The smallest absolute Gasteiger partial charge is 0.238 e. The van der Waals surface area contributed by atoms with Crippen molar-refractivity contribution >= 4 is 12.6 Å². The number of rotatable bonds is 1. The zero-order chi connectivity index (χ0) is 12.6. The first-order chi connectivity index (χ1) is 7.88. The van der Waals surface area contributed by atoms with Crippen molar-refractivity contribution in [2.45, 2.75) is 18.0 Å². The number of hydrogen-bond acceptors (Lipinski definition) is 2. The maximum Gasteiger partial charge on any atom is 0.435 e. The Morgan fingerprint density at radius 1 is 1.18 bits per heavy atom. The van der Waals surface area contributed by atoms with Crippen LogP contribution in [0.5, 0.6) is 0 Å². The molecule has 0 amide bonds. The number of benzene rings is 1. The van der Waals surface area contributed by atoms with E-state index >= 15 is 0 Å². The van der Waals surface area contributed by atoms with Gasteiger partial charge in [-0.2, -0.15) is 18.3 Å². The summed E-state index contributed by atoms with van der Waals surface area (Å²) in [5.74, 6) is 0. The fourth-order valence-electron chi connectivity index (χ4n) is 1.47. The molecule has 1 heterocycles. The highest BCUT2D eigenvalue weighted by Crippen LogP contribution is 2.29. The molecule has 1 aromatic carbocycles. The van der Waals surface area contributed by atoms with E-state index in [1.54, 1.807) is 31.2 Å². The van der Waals surface area contributed by atoms with Crippen LogP contribution in [0.2, 0.25) is 0 Å². The van der Waals surface area contributed by atoms with Crippen LogP contribution < -0.4 is 0 Å². The number of halogens is 3. The Balaban J connectivity index is 2.46. The first-order valence-corrected chi connectivity index (χ1v) is 5.26. The molecule has 0 aliphatic rings. The standard InChI is InChI=1S/C11H9F3N2S/c1-7-6-10(11(12,13)14)15-16(7)8-2-4-9(17)5-3-8/h2-6,17H,1H3. The van der Waals surface area contributed by atoms with Crippen molar-refractivity contribution in [2.75, 3.05) is 0 Å². The summed E-state index contributed by atoms with van der Waals surface area (Å²) in [5.41, 5.74) is 0.130. The summed E-state index contributed by atoms with van der Waals surface area (Å²) >= 11 is 4.11. The van der Waals surface area contributed by atoms with Crippen LogP contribution in [-0.2, 0) is 6.18 Å². The summed E-state index contributed by atoms with van der Waals surface area (Å²) in [6, 6.07) is 7.76. The molecule has 2 rings (SSSR count). The van der Waals surface area contributed by atoms with Crippen molar-refractivity contribution in [3.8, 4) is 5.69 Å². The van der Waals surface area contributed by atoms with Gasteiger partial charge in [0.05, 0.1) is 5.69 Å². The second-order valence-corrected chi connectivity index (χ2v) is 4.11. The van der Waals surface area contributed by atoms with E-state index < -0.39 is 11.9 Å². The average Bonchev–Trinajstić information content (AvgIpc) is 2.61. The van der Waals surface area contributed by atoms with E-state index in [2.05, 4.69) is 17.7 Å². The quantitative estimate of drug-likeness (QED) is 0.775. The monoisotopic (exact) mass is 258 g/mol. The summed E-state index contributed by atoms with van der Waals surface area (Å²) in [6.07, 6.45) is -4.42. The zero-order valence-electron chi connectivity index (χ0n) is 8.86. The van der Waals surface area contributed by atoms with E-state index in [4.69, 9.17) is 0 Å². The van der Waals surface area contributed by atoms with E-state index in [9.17, 15) is 13.2 Å². The van der Waals surface area contributed by atoms with Crippen LogP contribution in [0.15, 0.2) is 35.2 Å². The number of aryl methyl sites for hydroxylation is 1. The molecular formula is C11H9F3N2S. The van der Waals surface area contributed by atoms with Gasteiger partial charge in [0, 0.05) is 10.6 Å². The Kier molecular flexibility index (Phi) is 2.91. The molecule has 0 saturated carbocycles. The van der Waals surface area contributed by atoms with Gasteiger partial charge in [-0.05, 0) is 37.3 Å². The Morgan fingerprint density at radius 3 is 2.24 bits per heavy atom. The fourth-order valence-corrected chi connectivity index (χ4v) is 1.62. The van der Waals surface area contributed by atoms with Crippen molar-refractivity contribution < 1.29 is 13.2 Å². The largest absolute Gasteiger partial charge is 0.435 e. The molecule has 0 radical (unpaired) electrons. The van der Waals surface area contributed by atoms with Gasteiger partial charge in [0.15, 0.2) is 5.69 Å². The van der Waals surface area contributed by atoms with Crippen molar-refractivity contribution in [1.82, 2.24) is 9.78 Å². The molecular weight excluding hydrogens is 249 g/mol. The Labute approximate surface area is 101 Å². The first kappa shape index (κ1) is 12.0. The van der Waals surface area contributed by atoms with Crippen molar-refractivity contribution in [3.05, 3.63) is 41.7 Å². The summed E-state index contributed by atoms with van der Waals surface area (Å²) in [7, 11) is 0. The minimum Gasteiger partial charge on any atom is -0.238 e. The number of aromatic nitrogens is 2.